The summed E-state index contributed by atoms with van der Waals surface area (Å²) in [5.74, 6) is 0.796. The molecule has 1 aromatic heterocycles. The molecule has 0 radical (unpaired) electrons. The van der Waals surface area contributed by atoms with E-state index in [1.54, 1.807) is 7.11 Å². The lowest BCUT2D eigenvalue weighted by Gasteiger charge is -2.10. The third kappa shape index (κ3) is 2.67. The molecule has 0 amide bonds. The Balaban J connectivity index is 2.92. The molecule has 0 atom stereocenters. The van der Waals surface area contributed by atoms with Crippen LogP contribution in [0.5, 0.6) is 5.75 Å². The van der Waals surface area contributed by atoms with E-state index in [-0.39, 0.29) is 6.79 Å². The highest BCUT2D eigenvalue weighted by Gasteiger charge is 2.06. The van der Waals surface area contributed by atoms with Crippen LogP contribution < -0.4 is 4.74 Å². The lowest BCUT2D eigenvalue weighted by molar-refractivity contribution is 0.0498. The smallest absolute Gasteiger partial charge is 0.188 e. The van der Waals surface area contributed by atoms with Crippen LogP contribution in [0.2, 0.25) is 0 Å². The maximum absolute atomic E-state index is 5.37. The third-order valence-electron chi connectivity index (χ3n) is 1.62. The molecule has 4 heteroatoms. The van der Waals surface area contributed by atoms with Gasteiger partial charge in [0.1, 0.15) is 10.4 Å². The predicted octanol–water partition coefficient (Wildman–Crippen LogP) is 2.44. The van der Waals surface area contributed by atoms with Gasteiger partial charge in [0.15, 0.2) is 6.79 Å². The molecule has 1 rings (SSSR count). The molecule has 1 heterocycles. The van der Waals surface area contributed by atoms with Crippen LogP contribution in [-0.4, -0.2) is 18.9 Å². The van der Waals surface area contributed by atoms with E-state index in [0.29, 0.717) is 0 Å². The number of nitrogens with zero attached hydrogens (tertiary/aromatic N) is 1. The first kappa shape index (κ1) is 10.5. The first-order valence-electron chi connectivity index (χ1n) is 3.90. The Labute approximate surface area is 86.2 Å². The van der Waals surface area contributed by atoms with E-state index in [1.807, 2.05) is 19.9 Å². The van der Waals surface area contributed by atoms with E-state index in [4.69, 9.17) is 9.47 Å². The van der Waals surface area contributed by atoms with Crippen LogP contribution in [-0.2, 0) is 4.74 Å². The van der Waals surface area contributed by atoms with Gasteiger partial charge >= 0.3 is 0 Å². The summed E-state index contributed by atoms with van der Waals surface area (Å²) in [4.78, 5) is 4.22. The van der Waals surface area contributed by atoms with Crippen LogP contribution >= 0.6 is 15.9 Å². The van der Waals surface area contributed by atoms with Gasteiger partial charge in [0.25, 0.3) is 0 Å². The van der Waals surface area contributed by atoms with Crippen molar-refractivity contribution < 1.29 is 9.47 Å². The zero-order valence-electron chi connectivity index (χ0n) is 7.93. The van der Waals surface area contributed by atoms with Gasteiger partial charge in [0.2, 0.25) is 0 Å². The quantitative estimate of drug-likeness (QED) is 0.606. The lowest BCUT2D eigenvalue weighted by Crippen LogP contribution is -2.03. The second-order valence-corrected chi connectivity index (χ2v) is 3.54. The number of hydrogen-bond acceptors (Lipinski definition) is 3. The minimum absolute atomic E-state index is 0.255. The van der Waals surface area contributed by atoms with Gasteiger partial charge in [0, 0.05) is 7.11 Å². The highest BCUT2D eigenvalue weighted by molar-refractivity contribution is 9.10. The van der Waals surface area contributed by atoms with Crippen LogP contribution in [0, 0.1) is 13.8 Å². The molecular formula is C9H12BrNO2. The molecule has 0 spiro atoms. The highest BCUT2D eigenvalue weighted by Crippen LogP contribution is 2.24. The first-order chi connectivity index (χ1) is 6.15. The number of aromatic nitrogens is 1. The van der Waals surface area contributed by atoms with Gasteiger partial charge in [-0.15, -0.1) is 0 Å². The molecule has 0 aliphatic carbocycles. The molecule has 0 aliphatic heterocycles. The summed E-state index contributed by atoms with van der Waals surface area (Å²) in [6.45, 7) is 4.14. The van der Waals surface area contributed by atoms with Crippen LogP contribution in [0.4, 0.5) is 0 Å². The van der Waals surface area contributed by atoms with Gasteiger partial charge in [0.05, 0.1) is 5.69 Å². The third-order valence-corrected chi connectivity index (χ3v) is 2.02. The van der Waals surface area contributed by atoms with E-state index in [1.165, 1.54) is 0 Å². The SMILES string of the molecule is COCOc1c(C)cc(Br)nc1C. The summed E-state index contributed by atoms with van der Waals surface area (Å²) in [6.07, 6.45) is 0. The van der Waals surface area contributed by atoms with E-state index in [2.05, 4.69) is 20.9 Å². The molecule has 1 aromatic rings. The molecule has 0 aliphatic rings. The normalized spacial score (nSPS) is 10.2. The van der Waals surface area contributed by atoms with Crippen molar-refractivity contribution in [2.24, 2.45) is 0 Å². The van der Waals surface area contributed by atoms with Gasteiger partial charge in [-0.3, -0.25) is 0 Å². The highest BCUT2D eigenvalue weighted by atomic mass is 79.9. The minimum atomic E-state index is 0.255. The Morgan fingerprint density at radius 2 is 2.15 bits per heavy atom. The molecule has 0 aromatic carbocycles. The first-order valence-corrected chi connectivity index (χ1v) is 4.70. The van der Waals surface area contributed by atoms with E-state index in [0.717, 1.165) is 21.6 Å². The van der Waals surface area contributed by atoms with Crippen molar-refractivity contribution in [1.29, 1.82) is 0 Å². The van der Waals surface area contributed by atoms with Crippen LogP contribution in [0.15, 0.2) is 10.7 Å². The van der Waals surface area contributed by atoms with E-state index < -0.39 is 0 Å². The summed E-state index contributed by atoms with van der Waals surface area (Å²) >= 11 is 3.32. The van der Waals surface area contributed by atoms with Gasteiger partial charge < -0.3 is 9.47 Å². The van der Waals surface area contributed by atoms with Crippen LogP contribution in [0.3, 0.4) is 0 Å². The largest absolute Gasteiger partial charge is 0.465 e. The van der Waals surface area contributed by atoms with Crippen molar-refractivity contribution in [1.82, 2.24) is 4.98 Å². The van der Waals surface area contributed by atoms with Gasteiger partial charge in [-0.1, -0.05) is 0 Å². The Kier molecular flexibility index (Phi) is 3.69. The van der Waals surface area contributed by atoms with E-state index in [9.17, 15) is 0 Å². The fourth-order valence-electron chi connectivity index (χ4n) is 1.11. The maximum Gasteiger partial charge on any atom is 0.188 e. The van der Waals surface area contributed by atoms with Crippen molar-refractivity contribution >= 4 is 15.9 Å². The molecule has 0 fully saturated rings. The van der Waals surface area contributed by atoms with Gasteiger partial charge in [-0.25, -0.2) is 4.98 Å². The summed E-state index contributed by atoms with van der Waals surface area (Å²) in [5, 5.41) is 0. The standard InChI is InChI=1S/C9H12BrNO2/c1-6-4-8(10)11-7(2)9(6)13-5-12-3/h4H,5H2,1-3H3. The summed E-state index contributed by atoms with van der Waals surface area (Å²) in [5.41, 5.74) is 1.92. The zero-order chi connectivity index (χ0) is 9.84. The van der Waals surface area contributed by atoms with Crippen molar-refractivity contribution in [2.75, 3.05) is 13.9 Å². The molecule has 72 valence electrons. The average Bonchev–Trinajstić information content (AvgIpc) is 2.02. The molecule has 13 heavy (non-hydrogen) atoms. The van der Waals surface area contributed by atoms with Crippen molar-refractivity contribution in [3.05, 3.63) is 21.9 Å². The molecule has 3 nitrogen and oxygen atoms in total. The molecular weight excluding hydrogens is 234 g/mol. The molecule has 0 N–H and O–H groups in total. The Morgan fingerprint density at radius 3 is 2.69 bits per heavy atom. The minimum Gasteiger partial charge on any atom is -0.465 e. The number of methoxy groups -OCH3 is 1. The number of ether oxygens (including phenoxy) is 2. The topological polar surface area (TPSA) is 31.4 Å². The van der Waals surface area contributed by atoms with Crippen molar-refractivity contribution in [2.45, 2.75) is 13.8 Å². The number of rotatable bonds is 3. The molecule has 0 saturated heterocycles. The fraction of sp³-hybridized carbons (Fsp3) is 0.444. The van der Waals surface area contributed by atoms with E-state index >= 15 is 0 Å². The number of halogens is 1. The number of hydrogen-bond donors (Lipinski definition) is 0. The second kappa shape index (κ2) is 4.58. The summed E-state index contributed by atoms with van der Waals surface area (Å²) in [6, 6.07) is 1.91. The summed E-state index contributed by atoms with van der Waals surface area (Å²) < 4.78 is 11.0. The lowest BCUT2D eigenvalue weighted by atomic mass is 10.2. The maximum atomic E-state index is 5.37. The van der Waals surface area contributed by atoms with Crippen LogP contribution in [0.25, 0.3) is 0 Å². The molecule has 0 unspecified atom stereocenters. The molecule has 0 bridgehead atoms. The average molecular weight is 246 g/mol. The Hall–Kier alpha value is -0.610. The Bertz CT molecular complexity index is 279. The van der Waals surface area contributed by atoms with Crippen LogP contribution in [0.1, 0.15) is 11.3 Å². The number of pyridine rings is 1. The molecule has 0 saturated carbocycles. The second-order valence-electron chi connectivity index (χ2n) is 2.73. The monoisotopic (exact) mass is 245 g/mol. The van der Waals surface area contributed by atoms with Crippen molar-refractivity contribution in [3.8, 4) is 5.75 Å². The van der Waals surface area contributed by atoms with Gasteiger partial charge in [-0.2, -0.15) is 0 Å². The Morgan fingerprint density at radius 1 is 1.46 bits per heavy atom. The predicted molar refractivity (Wildman–Crippen MR) is 53.9 cm³/mol. The fourth-order valence-corrected chi connectivity index (χ4v) is 1.72. The number of aryl methyl sites for hydroxylation is 2. The zero-order valence-corrected chi connectivity index (χ0v) is 9.51. The van der Waals surface area contributed by atoms with Crippen molar-refractivity contribution in [3.63, 3.8) is 0 Å². The summed E-state index contributed by atoms with van der Waals surface area (Å²) in [7, 11) is 1.59. The van der Waals surface area contributed by atoms with Gasteiger partial charge in [-0.05, 0) is 41.4 Å².